The minimum Gasteiger partial charge on any atom is -0.480 e. The van der Waals surface area contributed by atoms with E-state index in [1.54, 1.807) is 21.2 Å². The summed E-state index contributed by atoms with van der Waals surface area (Å²) in [5.74, 6) is -0.886. The van der Waals surface area contributed by atoms with E-state index in [-0.39, 0.29) is 6.54 Å². The maximum Gasteiger partial charge on any atom is 0.317 e. The Bertz CT molecular complexity index is 490. The fourth-order valence-electron chi connectivity index (χ4n) is 2.22. The minimum atomic E-state index is -0.904. The summed E-state index contributed by atoms with van der Waals surface area (Å²) in [4.78, 5) is 13.9. The number of aliphatic carboxylic acids is 1. The van der Waals surface area contributed by atoms with Gasteiger partial charge in [-0.25, -0.2) is 9.21 Å². The molecule has 0 aromatic heterocycles. The van der Waals surface area contributed by atoms with E-state index in [0.717, 1.165) is 17.5 Å². The van der Waals surface area contributed by atoms with Crippen LogP contribution >= 0.6 is 11.9 Å². The number of carboxylic acids is 1. The first-order chi connectivity index (χ1) is 10.5. The minimum absolute atomic E-state index is 0.0507. The fourth-order valence-corrected chi connectivity index (χ4v) is 3.18. The van der Waals surface area contributed by atoms with Crippen molar-refractivity contribution in [2.24, 2.45) is 0 Å². The Morgan fingerprint density at radius 3 is 2.64 bits per heavy atom. The van der Waals surface area contributed by atoms with Crippen molar-refractivity contribution < 1.29 is 20.1 Å². The number of nitrogens with zero attached hydrogens (tertiary/aromatic N) is 3. The number of hydrogen-bond acceptors (Lipinski definition) is 7. The molecule has 0 spiro atoms. The first kappa shape index (κ1) is 17.2. The Kier molecular flexibility index (Phi) is 6.18. The largest absolute Gasteiger partial charge is 0.480 e. The van der Waals surface area contributed by atoms with Gasteiger partial charge in [-0.05, 0) is 24.6 Å². The van der Waals surface area contributed by atoms with Crippen LogP contribution in [0.25, 0.3) is 0 Å². The third kappa shape index (κ3) is 4.67. The van der Waals surface area contributed by atoms with E-state index in [1.165, 1.54) is 0 Å². The zero-order chi connectivity index (χ0) is 16.1. The van der Waals surface area contributed by atoms with E-state index in [4.69, 9.17) is 5.11 Å². The summed E-state index contributed by atoms with van der Waals surface area (Å²) in [6.07, 6.45) is -0.904. The van der Waals surface area contributed by atoms with Gasteiger partial charge >= 0.3 is 5.97 Å². The van der Waals surface area contributed by atoms with Crippen LogP contribution in [0.3, 0.4) is 0 Å². The molecule has 2 atom stereocenters. The van der Waals surface area contributed by atoms with Crippen LogP contribution in [-0.2, 0) is 11.3 Å². The van der Waals surface area contributed by atoms with Crippen LogP contribution in [0.15, 0.2) is 30.3 Å². The molecule has 1 aromatic rings. The van der Waals surface area contributed by atoms with E-state index in [0.29, 0.717) is 19.6 Å². The lowest BCUT2D eigenvalue weighted by Gasteiger charge is -2.25. The van der Waals surface area contributed by atoms with Gasteiger partial charge < -0.3 is 15.3 Å². The molecule has 122 valence electrons. The molecular formula is C14H21N3O4S. The van der Waals surface area contributed by atoms with E-state index < -0.39 is 17.9 Å². The summed E-state index contributed by atoms with van der Waals surface area (Å²) < 4.78 is 1.66. The number of benzene rings is 1. The lowest BCUT2D eigenvalue weighted by molar-refractivity contribution is -0.138. The molecule has 1 aliphatic rings. The van der Waals surface area contributed by atoms with Crippen molar-refractivity contribution in [3.63, 3.8) is 0 Å². The molecule has 0 saturated carbocycles. The van der Waals surface area contributed by atoms with Crippen molar-refractivity contribution in [3.8, 4) is 0 Å². The van der Waals surface area contributed by atoms with Gasteiger partial charge in [0, 0.05) is 19.6 Å². The van der Waals surface area contributed by atoms with Gasteiger partial charge in [0.2, 0.25) is 0 Å². The molecule has 1 heterocycles. The van der Waals surface area contributed by atoms with Crippen LogP contribution in [0, 0.1) is 0 Å². The van der Waals surface area contributed by atoms with E-state index in [1.807, 2.05) is 30.3 Å². The molecule has 1 aromatic carbocycles. The molecule has 2 unspecified atom stereocenters. The molecule has 8 heteroatoms. The van der Waals surface area contributed by atoms with Crippen LogP contribution in [0.4, 0.5) is 0 Å². The van der Waals surface area contributed by atoms with E-state index in [2.05, 4.69) is 0 Å². The average molecular weight is 327 g/mol. The number of rotatable bonds is 7. The highest BCUT2D eigenvalue weighted by Gasteiger charge is 2.38. The Labute approximate surface area is 133 Å². The maximum atomic E-state index is 10.6. The van der Waals surface area contributed by atoms with Gasteiger partial charge in [0.05, 0.1) is 6.54 Å². The topological polar surface area (TPSA) is 87.5 Å². The monoisotopic (exact) mass is 327 g/mol. The van der Waals surface area contributed by atoms with Crippen molar-refractivity contribution in [3.05, 3.63) is 35.9 Å². The van der Waals surface area contributed by atoms with Crippen LogP contribution in [0.1, 0.15) is 5.56 Å². The van der Waals surface area contributed by atoms with Crippen molar-refractivity contribution in [1.29, 1.82) is 0 Å². The first-order valence-electron chi connectivity index (χ1n) is 6.97. The SMILES string of the molecule is CN(CCN1SC(O)N(Cc2ccccc2)C1O)CC(=O)O. The predicted molar refractivity (Wildman–Crippen MR) is 83.4 cm³/mol. The van der Waals surface area contributed by atoms with Gasteiger partial charge in [-0.1, -0.05) is 30.3 Å². The highest BCUT2D eigenvalue weighted by molar-refractivity contribution is 7.97. The number of aliphatic hydroxyl groups excluding tert-OH is 2. The number of carboxylic acid groups (broad SMARTS) is 1. The Balaban J connectivity index is 1.87. The molecule has 1 aliphatic heterocycles. The second-order valence-corrected chi connectivity index (χ2v) is 6.31. The van der Waals surface area contributed by atoms with E-state index >= 15 is 0 Å². The standard InChI is InChI=1S/C14H21N3O4S/c1-15(10-12(18)19)7-8-17-13(20)16(14(21)22-17)9-11-5-3-2-4-6-11/h2-6,13-14,20-21H,7-10H2,1H3,(H,18,19). The zero-order valence-electron chi connectivity index (χ0n) is 12.4. The summed E-state index contributed by atoms with van der Waals surface area (Å²) in [6.45, 7) is 1.34. The van der Waals surface area contributed by atoms with Gasteiger partial charge in [0.25, 0.3) is 0 Å². The first-order valence-corrected chi connectivity index (χ1v) is 7.80. The molecule has 0 radical (unpaired) electrons. The summed E-state index contributed by atoms with van der Waals surface area (Å²) >= 11 is 1.15. The number of carbonyl (C=O) groups is 1. The molecule has 1 fully saturated rings. The Hall–Kier alpha value is -1.16. The number of hydrogen-bond donors (Lipinski definition) is 3. The van der Waals surface area contributed by atoms with Crippen LogP contribution in [-0.4, -0.2) is 74.0 Å². The van der Waals surface area contributed by atoms with Crippen LogP contribution < -0.4 is 0 Å². The summed E-state index contributed by atoms with van der Waals surface area (Å²) in [5.41, 5.74) is 0.186. The highest BCUT2D eigenvalue weighted by Crippen LogP contribution is 2.32. The molecule has 1 saturated heterocycles. The lowest BCUT2D eigenvalue weighted by Crippen LogP contribution is -2.42. The van der Waals surface area contributed by atoms with Crippen molar-refractivity contribution >= 4 is 17.9 Å². The van der Waals surface area contributed by atoms with Crippen molar-refractivity contribution in [2.75, 3.05) is 26.7 Å². The molecule has 0 amide bonds. The predicted octanol–water partition coefficient (Wildman–Crippen LogP) is 0.0206. The number of likely N-dealkylation sites (N-methyl/N-ethyl adjacent to an activating group) is 1. The Morgan fingerprint density at radius 2 is 2.00 bits per heavy atom. The quantitative estimate of drug-likeness (QED) is 0.604. The smallest absolute Gasteiger partial charge is 0.317 e. The molecular weight excluding hydrogens is 306 g/mol. The average Bonchev–Trinajstić information content (AvgIpc) is 2.73. The zero-order valence-corrected chi connectivity index (χ0v) is 13.2. The highest BCUT2D eigenvalue weighted by atomic mass is 32.2. The third-order valence-electron chi connectivity index (χ3n) is 3.38. The molecule has 0 aliphatic carbocycles. The van der Waals surface area contributed by atoms with E-state index in [9.17, 15) is 15.0 Å². The normalized spacial score (nSPS) is 23.3. The molecule has 22 heavy (non-hydrogen) atoms. The fraction of sp³-hybridized carbons (Fsp3) is 0.500. The molecule has 3 N–H and O–H groups in total. The number of aliphatic hydroxyl groups is 2. The second kappa shape index (κ2) is 7.91. The van der Waals surface area contributed by atoms with Crippen LogP contribution in [0.2, 0.25) is 0 Å². The van der Waals surface area contributed by atoms with Gasteiger partial charge in [0.1, 0.15) is 0 Å². The second-order valence-electron chi connectivity index (χ2n) is 5.21. The third-order valence-corrected chi connectivity index (χ3v) is 4.48. The van der Waals surface area contributed by atoms with Gasteiger partial charge in [0.15, 0.2) is 11.9 Å². The summed E-state index contributed by atoms with van der Waals surface area (Å²) in [6, 6.07) is 9.62. The van der Waals surface area contributed by atoms with Crippen molar-refractivity contribution in [2.45, 2.75) is 18.5 Å². The maximum absolute atomic E-state index is 10.6. The molecule has 0 bridgehead atoms. The lowest BCUT2D eigenvalue weighted by atomic mass is 10.2. The molecule has 7 nitrogen and oxygen atoms in total. The van der Waals surface area contributed by atoms with Gasteiger partial charge in [-0.3, -0.25) is 9.69 Å². The van der Waals surface area contributed by atoms with Gasteiger partial charge in [-0.2, -0.15) is 0 Å². The summed E-state index contributed by atoms with van der Waals surface area (Å²) in [5, 5.41) is 29.1. The van der Waals surface area contributed by atoms with Crippen LogP contribution in [0.5, 0.6) is 0 Å². The molecule has 2 rings (SSSR count). The van der Waals surface area contributed by atoms with Gasteiger partial charge in [-0.15, -0.1) is 0 Å². The van der Waals surface area contributed by atoms with Crippen molar-refractivity contribution in [1.82, 2.24) is 14.1 Å². The summed E-state index contributed by atoms with van der Waals surface area (Å²) in [7, 11) is 1.71. The Morgan fingerprint density at radius 1 is 1.32 bits per heavy atom.